The highest BCUT2D eigenvalue weighted by Gasteiger charge is 2.47. The fraction of sp³-hybridized carbons (Fsp3) is 0.583. The molecule has 5 nitrogen and oxygen atoms in total. The second-order valence-electron chi connectivity index (χ2n) is 9.39. The molecule has 156 valence electrons. The number of nitriles is 1. The summed E-state index contributed by atoms with van der Waals surface area (Å²) in [4.78, 5) is 12.2. The minimum atomic E-state index is -1.28. The van der Waals surface area contributed by atoms with Crippen molar-refractivity contribution in [3.05, 3.63) is 34.9 Å². The Morgan fingerprint density at radius 2 is 2.14 bits per heavy atom. The van der Waals surface area contributed by atoms with Gasteiger partial charge in [-0.3, -0.25) is 4.79 Å². The van der Waals surface area contributed by atoms with Crippen molar-refractivity contribution in [2.24, 2.45) is 11.8 Å². The maximum absolute atomic E-state index is 12.2. The number of aromatic hydroxyl groups is 1. The lowest BCUT2D eigenvalue weighted by Gasteiger charge is -2.47. The van der Waals surface area contributed by atoms with Gasteiger partial charge < -0.3 is 14.9 Å². The maximum Gasteiger partial charge on any atom is 0.313 e. The van der Waals surface area contributed by atoms with Crippen LogP contribution in [0.3, 0.4) is 0 Å². The van der Waals surface area contributed by atoms with Crippen LogP contribution in [-0.4, -0.2) is 21.8 Å². The highest BCUT2D eigenvalue weighted by molar-refractivity contribution is 5.81. The summed E-state index contributed by atoms with van der Waals surface area (Å²) in [6, 6.07) is 5.55. The van der Waals surface area contributed by atoms with E-state index in [4.69, 9.17) is 4.74 Å². The molecule has 0 aromatic heterocycles. The van der Waals surface area contributed by atoms with Crippen molar-refractivity contribution in [3.63, 3.8) is 0 Å². The van der Waals surface area contributed by atoms with Crippen molar-refractivity contribution in [1.82, 2.24) is 0 Å². The summed E-state index contributed by atoms with van der Waals surface area (Å²) >= 11 is 0. The fourth-order valence-electron chi connectivity index (χ4n) is 4.99. The number of fused-ring (bicyclic) bond motifs is 3. The number of ether oxygens (including phenoxy) is 1. The summed E-state index contributed by atoms with van der Waals surface area (Å²) in [5.74, 6) is -0.318. The third kappa shape index (κ3) is 3.61. The average molecular weight is 398 g/mol. The Balaban J connectivity index is 2.12. The van der Waals surface area contributed by atoms with E-state index in [1.807, 2.05) is 6.92 Å². The number of carbonyl (C=O) groups is 1. The molecular formula is C24H31NO4. The van der Waals surface area contributed by atoms with Gasteiger partial charge in [0.1, 0.15) is 17.1 Å². The number of hydrogen-bond acceptors (Lipinski definition) is 4. The predicted octanol–water partition coefficient (Wildman–Crippen LogP) is 5.29. The van der Waals surface area contributed by atoms with E-state index in [1.54, 1.807) is 19.1 Å². The zero-order chi connectivity index (χ0) is 21.6. The van der Waals surface area contributed by atoms with Gasteiger partial charge in [0.25, 0.3) is 0 Å². The van der Waals surface area contributed by atoms with Crippen LogP contribution in [0.25, 0.3) is 0 Å². The molecule has 2 unspecified atom stereocenters. The maximum atomic E-state index is 12.2. The van der Waals surface area contributed by atoms with Crippen LogP contribution in [0.1, 0.15) is 77.3 Å². The normalized spacial score (nSPS) is 25.3. The lowest BCUT2D eigenvalue weighted by atomic mass is 9.66. The van der Waals surface area contributed by atoms with E-state index in [1.165, 1.54) is 5.57 Å². The Morgan fingerprint density at radius 3 is 2.72 bits per heavy atom. The van der Waals surface area contributed by atoms with Crippen LogP contribution in [0, 0.1) is 23.2 Å². The van der Waals surface area contributed by atoms with Crippen LogP contribution >= 0.6 is 0 Å². The van der Waals surface area contributed by atoms with Gasteiger partial charge in [-0.25, -0.2) is 0 Å². The van der Waals surface area contributed by atoms with E-state index in [2.05, 4.69) is 32.9 Å². The summed E-state index contributed by atoms with van der Waals surface area (Å²) in [7, 11) is 0. The molecule has 0 spiro atoms. The van der Waals surface area contributed by atoms with Crippen molar-refractivity contribution in [2.45, 2.75) is 77.2 Å². The van der Waals surface area contributed by atoms with Gasteiger partial charge in [0.05, 0.1) is 11.5 Å². The zero-order valence-corrected chi connectivity index (χ0v) is 18.0. The molecule has 0 saturated carbocycles. The summed E-state index contributed by atoms with van der Waals surface area (Å²) in [6.07, 6.45) is 4.77. The first kappa shape index (κ1) is 21.2. The quantitative estimate of drug-likeness (QED) is 0.659. The zero-order valence-electron chi connectivity index (χ0n) is 18.0. The van der Waals surface area contributed by atoms with Gasteiger partial charge in [0.2, 0.25) is 0 Å². The number of nitrogens with zero attached hydrogens (tertiary/aromatic N) is 1. The van der Waals surface area contributed by atoms with Gasteiger partial charge in [-0.1, -0.05) is 18.6 Å². The molecule has 1 heterocycles. The fourth-order valence-corrected chi connectivity index (χ4v) is 4.99. The molecule has 1 aromatic carbocycles. The molecule has 2 aliphatic rings. The number of aliphatic carboxylic acids is 1. The highest BCUT2D eigenvalue weighted by atomic mass is 16.5. The third-order valence-corrected chi connectivity index (χ3v) is 6.94. The summed E-state index contributed by atoms with van der Waals surface area (Å²) < 4.78 is 6.33. The smallest absolute Gasteiger partial charge is 0.313 e. The van der Waals surface area contributed by atoms with Crippen LogP contribution in [0.4, 0.5) is 0 Å². The van der Waals surface area contributed by atoms with Gasteiger partial charge in [0, 0.05) is 23.3 Å². The number of hydrogen-bond donors (Lipinski definition) is 2. The van der Waals surface area contributed by atoms with Gasteiger partial charge in [-0.15, -0.1) is 0 Å². The lowest BCUT2D eigenvalue weighted by Crippen LogP contribution is -2.45. The number of carboxylic acids is 1. The summed E-state index contributed by atoms with van der Waals surface area (Å²) in [6.45, 7) is 9.74. The largest absolute Gasteiger partial charge is 0.508 e. The van der Waals surface area contributed by atoms with E-state index in [0.717, 1.165) is 18.4 Å². The van der Waals surface area contributed by atoms with Gasteiger partial charge in [0.15, 0.2) is 0 Å². The minimum Gasteiger partial charge on any atom is -0.508 e. The molecule has 4 atom stereocenters. The number of phenolic OH excluding ortho intramolecular Hbond substituents is 1. The molecule has 0 saturated heterocycles. The second kappa shape index (κ2) is 7.40. The van der Waals surface area contributed by atoms with Crippen LogP contribution in [0.15, 0.2) is 23.8 Å². The first-order valence-electron chi connectivity index (χ1n) is 10.4. The Labute approximate surface area is 173 Å². The molecule has 0 bridgehead atoms. The highest BCUT2D eigenvalue weighted by Crippen LogP contribution is 2.55. The molecule has 0 radical (unpaired) electrons. The molecular weight excluding hydrogens is 366 g/mol. The number of rotatable bonds is 5. The van der Waals surface area contributed by atoms with Crippen molar-refractivity contribution in [1.29, 1.82) is 5.26 Å². The summed E-state index contributed by atoms with van der Waals surface area (Å²) in [5.41, 5.74) is 0.861. The molecule has 2 N–H and O–H groups in total. The van der Waals surface area contributed by atoms with Gasteiger partial charge in [-0.2, -0.15) is 5.26 Å². The topological polar surface area (TPSA) is 90.6 Å². The summed E-state index contributed by atoms with van der Waals surface area (Å²) in [5, 5.41) is 30.3. The van der Waals surface area contributed by atoms with E-state index in [-0.39, 0.29) is 29.9 Å². The Kier molecular flexibility index (Phi) is 5.42. The molecule has 5 heteroatoms. The molecule has 29 heavy (non-hydrogen) atoms. The van der Waals surface area contributed by atoms with Gasteiger partial charge >= 0.3 is 5.97 Å². The van der Waals surface area contributed by atoms with Gasteiger partial charge in [-0.05, 0) is 71.1 Å². The van der Waals surface area contributed by atoms with E-state index < -0.39 is 17.0 Å². The first-order chi connectivity index (χ1) is 13.5. The monoisotopic (exact) mass is 397 g/mol. The van der Waals surface area contributed by atoms with Crippen LogP contribution in [0.2, 0.25) is 0 Å². The van der Waals surface area contributed by atoms with E-state index in [9.17, 15) is 20.3 Å². The van der Waals surface area contributed by atoms with Crippen LogP contribution < -0.4 is 4.74 Å². The molecule has 1 aliphatic carbocycles. The first-order valence-corrected chi connectivity index (χ1v) is 10.4. The second-order valence-corrected chi connectivity index (χ2v) is 9.39. The number of carboxylic acid groups (broad SMARTS) is 1. The molecule has 0 fully saturated rings. The number of allylic oxidation sites excluding steroid dienone is 2. The van der Waals surface area contributed by atoms with Crippen LogP contribution in [0.5, 0.6) is 11.5 Å². The third-order valence-electron chi connectivity index (χ3n) is 6.94. The SMILES string of the molecule is CCC(C#N)CC(C)(C(=O)O)c1cc(O)c2c(c1)OC(C)(C)[C@@H]1CC=C(C)C[C@@H]21. The molecule has 0 amide bonds. The number of benzene rings is 1. The van der Waals surface area contributed by atoms with E-state index >= 15 is 0 Å². The Morgan fingerprint density at radius 1 is 1.45 bits per heavy atom. The standard InChI is InChI=1S/C24H31NO4/c1-6-15(13-25)12-24(5,22(27)28)16-10-19(26)21-17-9-14(2)7-8-18(17)23(3,4)29-20(21)11-16/h7,10-11,15,17-18,26H,6,8-9,12H2,1-5H3,(H,27,28)/t15?,17-,18-,24?/m1/s1. The van der Waals surface area contributed by atoms with Crippen molar-refractivity contribution in [2.75, 3.05) is 0 Å². The van der Waals surface area contributed by atoms with Crippen molar-refractivity contribution < 1.29 is 19.7 Å². The lowest BCUT2D eigenvalue weighted by molar-refractivity contribution is -0.143. The molecule has 3 rings (SSSR count). The van der Waals surface area contributed by atoms with Crippen molar-refractivity contribution in [3.8, 4) is 17.6 Å². The molecule has 1 aromatic rings. The van der Waals surface area contributed by atoms with Crippen LogP contribution in [-0.2, 0) is 10.2 Å². The Hall–Kier alpha value is -2.48. The minimum absolute atomic E-state index is 0.0928. The molecule has 1 aliphatic heterocycles. The van der Waals surface area contributed by atoms with Crippen molar-refractivity contribution >= 4 is 5.97 Å². The predicted molar refractivity (Wildman–Crippen MR) is 111 cm³/mol. The Bertz CT molecular complexity index is 895. The average Bonchev–Trinajstić information content (AvgIpc) is 2.64. The number of phenols is 1. The van der Waals surface area contributed by atoms with E-state index in [0.29, 0.717) is 17.7 Å².